The van der Waals surface area contributed by atoms with Crippen molar-refractivity contribution in [1.29, 1.82) is 0 Å². The maximum atomic E-state index is 11.4. The van der Waals surface area contributed by atoms with Gasteiger partial charge in [0.1, 0.15) is 0 Å². The molecule has 6 rings (SSSR count). The Labute approximate surface area is 156 Å². The fourth-order valence-electron chi connectivity index (χ4n) is 8.15. The Morgan fingerprint density at radius 2 is 2.04 bits per heavy atom. The van der Waals surface area contributed by atoms with E-state index in [1.807, 2.05) is 6.92 Å². The standard InChI is InChI=1S/C22H33NO3/c1-4-26-19-20(3)7-5-8-21(12-23-19)15(20)11-17(24)22-9-6-14(10-16(21)22)13(2)18(22)25/h12,14-19,24-25H,2,4-11H2,1,3H3/t14-,15+,16-,17+,18+,19+,20+,21-,22+/m0/s1. The van der Waals surface area contributed by atoms with Crippen LogP contribution < -0.4 is 0 Å². The van der Waals surface area contributed by atoms with E-state index >= 15 is 0 Å². The second-order valence-corrected chi connectivity index (χ2v) is 9.98. The summed E-state index contributed by atoms with van der Waals surface area (Å²) >= 11 is 0. The number of ether oxygens (including phenoxy) is 1. The quantitative estimate of drug-likeness (QED) is 0.744. The molecule has 2 N–H and O–H groups in total. The van der Waals surface area contributed by atoms with Crippen molar-refractivity contribution in [3.05, 3.63) is 12.2 Å². The van der Waals surface area contributed by atoms with Crippen molar-refractivity contribution in [1.82, 2.24) is 0 Å². The molecule has 26 heavy (non-hydrogen) atoms. The summed E-state index contributed by atoms with van der Waals surface area (Å²) < 4.78 is 6.04. The average molecular weight is 360 g/mol. The first-order chi connectivity index (χ1) is 12.4. The molecule has 0 saturated heterocycles. The molecule has 5 saturated carbocycles. The van der Waals surface area contributed by atoms with Crippen LogP contribution in [0.25, 0.3) is 0 Å². The van der Waals surface area contributed by atoms with Crippen LogP contribution in [-0.4, -0.2) is 41.5 Å². The molecular weight excluding hydrogens is 326 g/mol. The Morgan fingerprint density at radius 3 is 2.81 bits per heavy atom. The first kappa shape index (κ1) is 17.4. The highest BCUT2D eigenvalue weighted by atomic mass is 16.5. The second kappa shape index (κ2) is 5.42. The number of hydrogen-bond acceptors (Lipinski definition) is 4. The molecule has 0 amide bonds. The smallest absolute Gasteiger partial charge is 0.153 e. The monoisotopic (exact) mass is 359 g/mol. The lowest BCUT2D eigenvalue weighted by Crippen LogP contribution is -2.72. The third kappa shape index (κ3) is 1.80. The van der Waals surface area contributed by atoms with Gasteiger partial charge < -0.3 is 14.9 Å². The number of aliphatic hydroxyl groups excluding tert-OH is 2. The highest BCUT2D eigenvalue weighted by Gasteiger charge is 2.72. The van der Waals surface area contributed by atoms with E-state index in [2.05, 4.69) is 19.7 Å². The minimum Gasteiger partial charge on any atom is -0.392 e. The molecule has 1 heterocycles. The molecule has 144 valence electrons. The molecule has 4 heteroatoms. The van der Waals surface area contributed by atoms with Crippen LogP contribution in [0.4, 0.5) is 0 Å². The van der Waals surface area contributed by atoms with Gasteiger partial charge in [-0.3, -0.25) is 4.99 Å². The molecular formula is C22H33NO3. The summed E-state index contributed by atoms with van der Waals surface area (Å²) in [5.74, 6) is 1.11. The summed E-state index contributed by atoms with van der Waals surface area (Å²) in [6.45, 7) is 9.26. The van der Waals surface area contributed by atoms with Crippen LogP contribution in [0, 0.1) is 34.0 Å². The van der Waals surface area contributed by atoms with E-state index in [4.69, 9.17) is 9.73 Å². The maximum absolute atomic E-state index is 11.4. The SMILES string of the molecule is C=C1[C@H]2CC[C@@]3([C@H](O)C[C@@H]4[C@@]5(C)CCC[C@@]4(C=N[C@@H]5OCC)[C@@H]3C2)[C@@H]1O. The van der Waals surface area contributed by atoms with Crippen molar-refractivity contribution in [2.45, 2.75) is 77.2 Å². The zero-order valence-electron chi connectivity index (χ0n) is 16.2. The number of fused-ring (bicyclic) bond motifs is 2. The van der Waals surface area contributed by atoms with Gasteiger partial charge >= 0.3 is 0 Å². The molecule has 9 atom stereocenters. The number of hydrogen-bond donors (Lipinski definition) is 2. The molecule has 4 nitrogen and oxygen atoms in total. The van der Waals surface area contributed by atoms with E-state index < -0.39 is 17.6 Å². The third-order valence-electron chi connectivity index (χ3n) is 9.32. The molecule has 0 aromatic carbocycles. The minimum absolute atomic E-state index is 0.00967. The van der Waals surface area contributed by atoms with Crippen LogP contribution in [0.2, 0.25) is 0 Å². The normalized spacial score (nSPS) is 57.6. The molecule has 6 aliphatic rings. The molecule has 4 bridgehead atoms. The van der Waals surface area contributed by atoms with Crippen LogP contribution in [0.1, 0.15) is 58.8 Å². The number of aliphatic imine (C=N–C) groups is 1. The van der Waals surface area contributed by atoms with Crippen molar-refractivity contribution < 1.29 is 14.9 Å². The zero-order chi connectivity index (χ0) is 18.3. The molecule has 5 fully saturated rings. The lowest BCUT2D eigenvalue weighted by molar-refractivity contribution is -0.250. The van der Waals surface area contributed by atoms with E-state index in [-0.39, 0.29) is 17.1 Å². The number of nitrogens with zero attached hydrogens (tertiary/aromatic N) is 1. The van der Waals surface area contributed by atoms with Crippen molar-refractivity contribution in [3.63, 3.8) is 0 Å². The van der Waals surface area contributed by atoms with Gasteiger partial charge in [-0.15, -0.1) is 0 Å². The van der Waals surface area contributed by atoms with E-state index in [1.165, 1.54) is 6.42 Å². The average Bonchev–Trinajstić information content (AvgIpc) is 2.63. The van der Waals surface area contributed by atoms with Crippen molar-refractivity contribution in [2.24, 2.45) is 39.0 Å². The maximum Gasteiger partial charge on any atom is 0.153 e. The van der Waals surface area contributed by atoms with Crippen molar-refractivity contribution in [3.8, 4) is 0 Å². The van der Waals surface area contributed by atoms with Crippen LogP contribution in [0.15, 0.2) is 17.1 Å². The molecule has 5 aliphatic carbocycles. The Balaban J connectivity index is 1.65. The van der Waals surface area contributed by atoms with E-state index in [1.54, 1.807) is 0 Å². The van der Waals surface area contributed by atoms with Crippen LogP contribution in [-0.2, 0) is 4.74 Å². The first-order valence-electron chi connectivity index (χ1n) is 10.6. The fourth-order valence-corrected chi connectivity index (χ4v) is 8.15. The van der Waals surface area contributed by atoms with Crippen molar-refractivity contribution >= 4 is 6.21 Å². The third-order valence-corrected chi connectivity index (χ3v) is 9.32. The summed E-state index contributed by atoms with van der Waals surface area (Å²) in [5.41, 5.74) is 0.565. The summed E-state index contributed by atoms with van der Waals surface area (Å²) in [6.07, 6.45) is 8.39. The number of rotatable bonds is 2. The largest absolute Gasteiger partial charge is 0.392 e. The lowest BCUT2D eigenvalue weighted by Gasteiger charge is -2.71. The highest BCUT2D eigenvalue weighted by molar-refractivity contribution is 5.70. The van der Waals surface area contributed by atoms with Gasteiger partial charge in [0, 0.05) is 29.1 Å². The summed E-state index contributed by atoms with van der Waals surface area (Å²) in [4.78, 5) is 4.96. The van der Waals surface area contributed by atoms with E-state index in [0.29, 0.717) is 24.4 Å². The number of aliphatic hydroxyl groups is 2. The van der Waals surface area contributed by atoms with Gasteiger partial charge in [-0.2, -0.15) is 0 Å². The van der Waals surface area contributed by atoms with Gasteiger partial charge in [-0.25, -0.2) is 0 Å². The Bertz CT molecular complexity index is 662. The Kier molecular flexibility index (Phi) is 3.63. The van der Waals surface area contributed by atoms with Gasteiger partial charge in [0.15, 0.2) is 6.23 Å². The summed E-state index contributed by atoms with van der Waals surface area (Å²) in [6, 6.07) is 0. The predicted octanol–water partition coefficient (Wildman–Crippen LogP) is 3.32. The summed E-state index contributed by atoms with van der Waals surface area (Å²) in [7, 11) is 0. The van der Waals surface area contributed by atoms with Crippen LogP contribution >= 0.6 is 0 Å². The Hall–Kier alpha value is -0.710. The molecule has 1 spiro atoms. The zero-order valence-corrected chi connectivity index (χ0v) is 16.2. The molecule has 0 aromatic rings. The van der Waals surface area contributed by atoms with Crippen LogP contribution in [0.3, 0.4) is 0 Å². The fraction of sp³-hybridized carbons (Fsp3) is 0.864. The molecule has 1 aliphatic heterocycles. The van der Waals surface area contributed by atoms with Crippen LogP contribution in [0.5, 0.6) is 0 Å². The van der Waals surface area contributed by atoms with Gasteiger partial charge in [-0.1, -0.05) is 19.9 Å². The predicted molar refractivity (Wildman–Crippen MR) is 101 cm³/mol. The highest BCUT2D eigenvalue weighted by Crippen LogP contribution is 2.73. The molecule has 0 unspecified atom stereocenters. The Morgan fingerprint density at radius 1 is 1.23 bits per heavy atom. The topological polar surface area (TPSA) is 62.1 Å². The van der Waals surface area contributed by atoms with Gasteiger partial charge in [-0.05, 0) is 68.8 Å². The minimum atomic E-state index is -0.559. The van der Waals surface area contributed by atoms with Gasteiger partial charge in [0.25, 0.3) is 0 Å². The lowest BCUT2D eigenvalue weighted by atomic mass is 9.34. The van der Waals surface area contributed by atoms with Crippen molar-refractivity contribution in [2.75, 3.05) is 6.61 Å². The van der Waals surface area contributed by atoms with Gasteiger partial charge in [0.2, 0.25) is 0 Å². The van der Waals surface area contributed by atoms with Gasteiger partial charge in [0.05, 0.1) is 12.2 Å². The molecule has 0 aromatic heterocycles. The second-order valence-electron chi connectivity index (χ2n) is 9.98. The molecule has 0 radical (unpaired) electrons. The van der Waals surface area contributed by atoms with E-state index in [0.717, 1.165) is 44.1 Å². The first-order valence-corrected chi connectivity index (χ1v) is 10.6. The van der Waals surface area contributed by atoms with E-state index in [9.17, 15) is 10.2 Å². The summed E-state index contributed by atoms with van der Waals surface area (Å²) in [5, 5.41) is 22.6.